The molecule has 33 heavy (non-hydrogen) atoms. The number of aromatic nitrogens is 5. The summed E-state index contributed by atoms with van der Waals surface area (Å²) in [5.74, 6) is 3.36. The zero-order valence-corrected chi connectivity index (χ0v) is 19.1. The maximum atomic E-state index is 14.2. The van der Waals surface area contributed by atoms with E-state index in [0.29, 0.717) is 29.4 Å². The van der Waals surface area contributed by atoms with Crippen LogP contribution in [0.3, 0.4) is 0 Å². The van der Waals surface area contributed by atoms with Gasteiger partial charge in [0.15, 0.2) is 0 Å². The third kappa shape index (κ3) is 3.69. The van der Waals surface area contributed by atoms with Gasteiger partial charge in [-0.25, -0.2) is 19.0 Å². The lowest BCUT2D eigenvalue weighted by Gasteiger charge is -2.38. The molecule has 3 atom stereocenters. The van der Waals surface area contributed by atoms with Crippen LogP contribution in [-0.2, 0) is 6.54 Å². The number of aryl methyl sites for hydroxylation is 3. The second-order valence-electron chi connectivity index (χ2n) is 9.59. The summed E-state index contributed by atoms with van der Waals surface area (Å²) in [6, 6.07) is 7.81. The molecule has 2 fully saturated rings. The summed E-state index contributed by atoms with van der Waals surface area (Å²) in [5, 5.41) is 8.44. The first-order chi connectivity index (χ1) is 16.0. The second kappa shape index (κ2) is 7.97. The highest BCUT2D eigenvalue weighted by Crippen LogP contribution is 2.40. The van der Waals surface area contributed by atoms with E-state index in [1.54, 1.807) is 19.3 Å². The predicted octanol–water partition coefficient (Wildman–Crippen LogP) is 3.69. The van der Waals surface area contributed by atoms with Gasteiger partial charge in [-0.2, -0.15) is 4.98 Å². The Bertz CT molecular complexity index is 1160. The van der Waals surface area contributed by atoms with Gasteiger partial charge in [0.05, 0.1) is 0 Å². The number of nitrogens with zero attached hydrogens (tertiary/aromatic N) is 7. The molecule has 0 spiro atoms. The number of rotatable bonds is 4. The summed E-state index contributed by atoms with van der Waals surface area (Å²) in [5.41, 5.74) is 2.48. The average Bonchev–Trinajstić information content (AvgIpc) is 3.31. The van der Waals surface area contributed by atoms with Crippen molar-refractivity contribution in [1.29, 1.82) is 0 Å². The van der Waals surface area contributed by atoms with Crippen molar-refractivity contribution < 1.29 is 4.39 Å². The van der Waals surface area contributed by atoms with E-state index >= 15 is 0 Å². The lowest BCUT2D eigenvalue weighted by atomic mass is 9.92. The fourth-order valence-electron chi connectivity index (χ4n) is 5.63. The number of hydrogen-bond acceptors (Lipinski definition) is 7. The Morgan fingerprint density at radius 1 is 1.03 bits per heavy atom. The van der Waals surface area contributed by atoms with Gasteiger partial charge in [0.1, 0.15) is 18.0 Å². The largest absolute Gasteiger partial charge is 0.356 e. The molecule has 0 radical (unpaired) electrons. The maximum Gasteiger partial charge on any atom is 0.244 e. The van der Waals surface area contributed by atoms with Crippen LogP contribution in [0.1, 0.15) is 30.5 Å². The smallest absolute Gasteiger partial charge is 0.244 e. The molecule has 8 nitrogen and oxygen atoms in total. The van der Waals surface area contributed by atoms with E-state index in [1.807, 2.05) is 23.7 Å². The Balaban J connectivity index is 1.21. The van der Waals surface area contributed by atoms with Gasteiger partial charge in [-0.15, -0.1) is 5.10 Å². The van der Waals surface area contributed by atoms with Gasteiger partial charge in [-0.3, -0.25) is 0 Å². The molecule has 9 heteroatoms. The summed E-state index contributed by atoms with van der Waals surface area (Å²) in [6.45, 7) is 7.38. The van der Waals surface area contributed by atoms with Gasteiger partial charge in [-0.05, 0) is 62.6 Å². The molecule has 172 valence electrons. The molecule has 6 rings (SSSR count). The van der Waals surface area contributed by atoms with Crippen molar-refractivity contribution >= 4 is 23.4 Å². The first-order valence-electron chi connectivity index (χ1n) is 11.8. The fourth-order valence-corrected chi connectivity index (χ4v) is 5.63. The van der Waals surface area contributed by atoms with Gasteiger partial charge in [0.25, 0.3) is 0 Å². The van der Waals surface area contributed by atoms with E-state index in [1.165, 1.54) is 12.8 Å². The first-order valence-corrected chi connectivity index (χ1v) is 11.8. The highest BCUT2D eigenvalue weighted by molar-refractivity contribution is 5.60. The quantitative estimate of drug-likeness (QED) is 0.652. The van der Waals surface area contributed by atoms with Crippen LogP contribution in [0, 0.1) is 31.5 Å². The van der Waals surface area contributed by atoms with Crippen LogP contribution in [0.2, 0.25) is 0 Å². The number of anilines is 4. The summed E-state index contributed by atoms with van der Waals surface area (Å²) >= 11 is 0. The monoisotopic (exact) mass is 448 g/mol. The topological polar surface area (TPSA) is 75.0 Å². The Kier molecular flexibility index (Phi) is 4.92. The first kappa shape index (κ1) is 20.4. The van der Waals surface area contributed by atoms with Crippen LogP contribution >= 0.6 is 0 Å². The highest BCUT2D eigenvalue weighted by Gasteiger charge is 2.43. The average molecular weight is 449 g/mol. The summed E-state index contributed by atoms with van der Waals surface area (Å²) in [4.78, 5) is 18.0. The van der Waals surface area contributed by atoms with Crippen LogP contribution in [-0.4, -0.2) is 50.4 Å². The number of halogens is 1. The molecule has 1 N–H and O–H groups in total. The lowest BCUT2D eigenvalue weighted by molar-refractivity contribution is 0.374. The Morgan fingerprint density at radius 3 is 2.61 bits per heavy atom. The molecule has 0 amide bonds. The molecule has 2 aromatic heterocycles. The van der Waals surface area contributed by atoms with Crippen molar-refractivity contribution in [1.82, 2.24) is 24.7 Å². The zero-order chi connectivity index (χ0) is 22.5. The van der Waals surface area contributed by atoms with Gasteiger partial charge in [0.2, 0.25) is 11.9 Å². The van der Waals surface area contributed by atoms with Gasteiger partial charge >= 0.3 is 0 Å². The molecule has 2 bridgehead atoms. The molecular formula is C24H29FN8. The van der Waals surface area contributed by atoms with Crippen LogP contribution < -0.4 is 15.1 Å². The standard InChI is InChI=1S/C24H29FN8/c1-15-4-7-19(11-20(15)25)32-8-3-9-33-24(32)29-23(30-33)28-22-17-5-6-18(22)13-31(12-17)21-10-16(2)26-14-27-21/h4,7,10-11,14,17-18,22H,3,5-6,8-9,12-13H2,1-2H3,(H,28,30)/t17-,18+,22?. The van der Waals surface area contributed by atoms with Crippen molar-refractivity contribution in [3.05, 3.63) is 47.7 Å². The minimum Gasteiger partial charge on any atom is -0.356 e. The molecule has 1 saturated heterocycles. The van der Waals surface area contributed by atoms with E-state index in [4.69, 9.17) is 10.1 Å². The number of hydrogen-bond donors (Lipinski definition) is 1. The molecule has 1 saturated carbocycles. The summed E-state index contributed by atoms with van der Waals surface area (Å²) < 4.78 is 16.1. The third-order valence-electron chi connectivity index (χ3n) is 7.36. The maximum absolute atomic E-state index is 14.2. The lowest BCUT2D eigenvalue weighted by Crippen LogP contribution is -2.48. The number of piperidine rings is 1. The van der Waals surface area contributed by atoms with Gasteiger partial charge in [0, 0.05) is 49.7 Å². The zero-order valence-electron chi connectivity index (χ0n) is 19.1. The normalized spacial score (nSPS) is 24.2. The van der Waals surface area contributed by atoms with Crippen molar-refractivity contribution in [2.24, 2.45) is 11.8 Å². The van der Waals surface area contributed by atoms with Crippen LogP contribution in [0.4, 0.5) is 27.8 Å². The molecule has 3 aromatic rings. The number of benzene rings is 1. The SMILES string of the molecule is Cc1cc(N2C[C@H]3CC[C@@H](C2)C3Nc2nc3n(n2)CCCN3c2ccc(C)c(F)c2)ncn1. The van der Waals surface area contributed by atoms with Crippen molar-refractivity contribution in [2.45, 2.75) is 45.7 Å². The highest BCUT2D eigenvalue weighted by atomic mass is 19.1. The minimum absolute atomic E-state index is 0.190. The summed E-state index contributed by atoms with van der Waals surface area (Å²) in [7, 11) is 0. The van der Waals surface area contributed by atoms with E-state index in [-0.39, 0.29) is 5.82 Å². The van der Waals surface area contributed by atoms with E-state index < -0.39 is 0 Å². The third-order valence-corrected chi connectivity index (χ3v) is 7.36. The van der Waals surface area contributed by atoms with E-state index in [0.717, 1.165) is 55.7 Å². The Morgan fingerprint density at radius 2 is 1.85 bits per heavy atom. The van der Waals surface area contributed by atoms with Crippen LogP contribution in [0.15, 0.2) is 30.6 Å². The van der Waals surface area contributed by atoms with Gasteiger partial charge in [-0.1, -0.05) is 6.07 Å². The van der Waals surface area contributed by atoms with Crippen molar-refractivity contribution in [2.75, 3.05) is 34.8 Å². The molecule has 1 aromatic carbocycles. The van der Waals surface area contributed by atoms with E-state index in [9.17, 15) is 4.39 Å². The summed E-state index contributed by atoms with van der Waals surface area (Å²) in [6.07, 6.45) is 5.01. The molecule has 4 heterocycles. The molecular weight excluding hydrogens is 419 g/mol. The number of fused-ring (bicyclic) bond motifs is 3. The van der Waals surface area contributed by atoms with E-state index in [2.05, 4.69) is 31.2 Å². The van der Waals surface area contributed by atoms with Crippen LogP contribution in [0.25, 0.3) is 0 Å². The second-order valence-corrected chi connectivity index (χ2v) is 9.59. The minimum atomic E-state index is -0.190. The van der Waals surface area contributed by atoms with Crippen molar-refractivity contribution in [3.8, 4) is 0 Å². The van der Waals surface area contributed by atoms with Gasteiger partial charge < -0.3 is 15.1 Å². The molecule has 1 aliphatic carbocycles. The van der Waals surface area contributed by atoms with Crippen LogP contribution in [0.5, 0.6) is 0 Å². The molecule has 1 unspecified atom stereocenters. The number of nitrogens with one attached hydrogen (secondary N) is 1. The predicted molar refractivity (Wildman–Crippen MR) is 125 cm³/mol. The Hall–Kier alpha value is -3.23. The Labute approximate surface area is 192 Å². The van der Waals surface area contributed by atoms with Crippen molar-refractivity contribution in [3.63, 3.8) is 0 Å². The molecule has 2 aliphatic heterocycles. The fraction of sp³-hybridized carbons (Fsp3) is 0.500. The molecule has 3 aliphatic rings.